The van der Waals surface area contributed by atoms with E-state index in [1.165, 1.54) is 38.5 Å². The van der Waals surface area contributed by atoms with E-state index >= 15 is 0 Å². The summed E-state index contributed by atoms with van der Waals surface area (Å²) in [5, 5.41) is 24.1. The van der Waals surface area contributed by atoms with Crippen LogP contribution >= 0.6 is 0 Å². The number of fused-ring (bicyclic) bond motifs is 5. The number of nitrogens with one attached hydrogen (secondary N) is 1. The van der Waals surface area contributed by atoms with E-state index < -0.39 is 5.97 Å². The Hall–Kier alpha value is -0.650. The van der Waals surface area contributed by atoms with Gasteiger partial charge in [0.2, 0.25) is 0 Å². The van der Waals surface area contributed by atoms with Gasteiger partial charge in [0, 0.05) is 25.6 Å². The van der Waals surface area contributed by atoms with E-state index in [1.54, 1.807) is 0 Å². The van der Waals surface area contributed by atoms with Gasteiger partial charge in [-0.05, 0) is 104 Å². The second-order valence-corrected chi connectivity index (χ2v) is 12.1. The smallest absolute Gasteiger partial charge is 0.303 e. The minimum Gasteiger partial charge on any atom is -0.481 e. The Morgan fingerprint density at radius 1 is 1.06 bits per heavy atom. The lowest BCUT2D eigenvalue weighted by atomic mass is 9.43. The molecule has 0 aliphatic heterocycles. The van der Waals surface area contributed by atoms with Gasteiger partial charge in [-0.3, -0.25) is 4.79 Å². The van der Waals surface area contributed by atoms with Crippen LogP contribution in [-0.2, 0) is 4.79 Å². The first kappa shape index (κ1) is 23.5. The Kier molecular flexibility index (Phi) is 6.78. The van der Waals surface area contributed by atoms with Crippen molar-refractivity contribution >= 4 is 5.97 Å². The normalized spacial score (nSPS) is 47.8. The number of aliphatic hydroxyl groups is 1. The van der Waals surface area contributed by atoms with Gasteiger partial charge in [-0.2, -0.15) is 0 Å². The topological polar surface area (TPSA) is 95.6 Å². The Labute approximate surface area is 188 Å². The number of carboxylic acid groups (broad SMARTS) is 1. The fourth-order valence-electron chi connectivity index (χ4n) is 9.30. The number of hydrogen-bond acceptors (Lipinski definition) is 4. The van der Waals surface area contributed by atoms with Crippen LogP contribution in [-0.4, -0.2) is 41.4 Å². The first-order valence-electron chi connectivity index (χ1n) is 13.0. The molecule has 0 saturated heterocycles. The van der Waals surface area contributed by atoms with Crippen molar-refractivity contribution in [3.05, 3.63) is 0 Å². The number of carboxylic acids is 1. The lowest BCUT2D eigenvalue weighted by Gasteiger charge is -2.62. The summed E-state index contributed by atoms with van der Waals surface area (Å²) in [6.07, 6.45) is 10.5. The van der Waals surface area contributed by atoms with Crippen LogP contribution in [0.4, 0.5) is 0 Å². The van der Waals surface area contributed by atoms with Crippen LogP contribution in [0.3, 0.4) is 0 Å². The molecule has 0 aromatic heterocycles. The standard InChI is InChI=1S/C26H46N2O3/c1-16(4-7-24(30)31)19-5-6-20-18-15-23(29)22-14-17(28-13-12-27)8-10-26(22,3)21(18)9-11-25(19,20)2/h16-23,28-29H,4-15,27H2,1-3H3,(H,30,31)/t16-,17+,18+,19-,20+,21+,22-,23-,25-,26-/m1/s1. The number of aliphatic hydroxyl groups excluding tert-OH is 1. The van der Waals surface area contributed by atoms with Crippen molar-refractivity contribution in [2.45, 2.75) is 97.1 Å². The Morgan fingerprint density at radius 3 is 2.48 bits per heavy atom. The molecular weight excluding hydrogens is 388 g/mol. The van der Waals surface area contributed by atoms with E-state index in [0.29, 0.717) is 54.0 Å². The molecule has 0 spiro atoms. The molecule has 0 bridgehead atoms. The largest absolute Gasteiger partial charge is 0.481 e. The van der Waals surface area contributed by atoms with Gasteiger partial charge < -0.3 is 21.3 Å². The van der Waals surface area contributed by atoms with Crippen LogP contribution in [0.1, 0.15) is 85.0 Å². The molecule has 0 heterocycles. The van der Waals surface area contributed by atoms with E-state index in [9.17, 15) is 9.90 Å². The molecule has 4 rings (SSSR count). The molecule has 0 unspecified atom stereocenters. The molecular formula is C26H46N2O3. The van der Waals surface area contributed by atoms with E-state index in [-0.39, 0.29) is 11.5 Å². The fourth-order valence-corrected chi connectivity index (χ4v) is 9.30. The lowest BCUT2D eigenvalue weighted by molar-refractivity contribution is -0.162. The number of nitrogens with two attached hydrogens (primary N) is 1. The highest BCUT2D eigenvalue weighted by Gasteiger charge is 2.62. The molecule has 0 radical (unpaired) electrons. The first-order chi connectivity index (χ1) is 14.7. The summed E-state index contributed by atoms with van der Waals surface area (Å²) in [6.45, 7) is 8.85. The quantitative estimate of drug-likeness (QED) is 0.485. The van der Waals surface area contributed by atoms with Crippen molar-refractivity contribution in [1.82, 2.24) is 5.32 Å². The molecule has 4 aliphatic carbocycles. The lowest BCUT2D eigenvalue weighted by Crippen LogP contribution is -2.59. The fraction of sp³-hybridized carbons (Fsp3) is 0.962. The Balaban J connectivity index is 1.49. The minimum atomic E-state index is -0.666. The molecule has 0 aromatic carbocycles. The molecule has 10 atom stereocenters. The van der Waals surface area contributed by atoms with Gasteiger partial charge in [0.1, 0.15) is 0 Å². The van der Waals surface area contributed by atoms with Crippen molar-refractivity contribution in [2.24, 2.45) is 52.1 Å². The highest BCUT2D eigenvalue weighted by Crippen LogP contribution is 2.68. The maximum absolute atomic E-state index is 11.4. The molecule has 178 valence electrons. The highest BCUT2D eigenvalue weighted by atomic mass is 16.4. The predicted octanol–water partition coefficient (Wildman–Crippen LogP) is 4.03. The second kappa shape index (κ2) is 8.95. The molecule has 5 heteroatoms. The van der Waals surface area contributed by atoms with Gasteiger partial charge >= 0.3 is 5.97 Å². The monoisotopic (exact) mass is 434 g/mol. The van der Waals surface area contributed by atoms with E-state index in [1.807, 2.05) is 0 Å². The van der Waals surface area contributed by atoms with Gasteiger partial charge in [0.25, 0.3) is 0 Å². The molecule has 0 amide bonds. The van der Waals surface area contributed by atoms with Crippen LogP contribution in [0.25, 0.3) is 0 Å². The van der Waals surface area contributed by atoms with E-state index in [0.717, 1.165) is 31.7 Å². The Bertz CT molecular complexity index is 657. The van der Waals surface area contributed by atoms with Crippen LogP contribution in [0.5, 0.6) is 0 Å². The molecule has 5 N–H and O–H groups in total. The van der Waals surface area contributed by atoms with Crippen molar-refractivity contribution in [2.75, 3.05) is 13.1 Å². The van der Waals surface area contributed by atoms with E-state index in [4.69, 9.17) is 10.8 Å². The zero-order valence-electron chi connectivity index (χ0n) is 20.0. The summed E-state index contributed by atoms with van der Waals surface area (Å²) in [7, 11) is 0. The van der Waals surface area contributed by atoms with Gasteiger partial charge in [-0.15, -0.1) is 0 Å². The average molecular weight is 435 g/mol. The third-order valence-electron chi connectivity index (χ3n) is 10.8. The third-order valence-corrected chi connectivity index (χ3v) is 10.8. The SMILES string of the molecule is C[C@H](CCC(=O)O)[C@H]1CC[C@H]2[C@@H]3C[C@@H](O)[C@H]4C[C@@H](NCCN)CC[C@]4(C)[C@H]3CC[C@]12C. The van der Waals surface area contributed by atoms with Gasteiger partial charge in [0.15, 0.2) is 0 Å². The van der Waals surface area contributed by atoms with Crippen molar-refractivity contribution in [3.8, 4) is 0 Å². The molecule has 4 aliphatic rings. The summed E-state index contributed by atoms with van der Waals surface area (Å²) in [5.41, 5.74) is 6.29. The van der Waals surface area contributed by atoms with E-state index in [2.05, 4.69) is 26.1 Å². The molecule has 0 aromatic rings. The van der Waals surface area contributed by atoms with Crippen LogP contribution in [0, 0.1) is 46.3 Å². The summed E-state index contributed by atoms with van der Waals surface area (Å²) >= 11 is 0. The summed E-state index contributed by atoms with van der Waals surface area (Å²) in [6, 6.07) is 0.507. The zero-order valence-corrected chi connectivity index (χ0v) is 20.0. The minimum absolute atomic E-state index is 0.181. The average Bonchev–Trinajstić information content (AvgIpc) is 3.08. The van der Waals surface area contributed by atoms with Crippen molar-refractivity contribution in [1.29, 1.82) is 0 Å². The molecule has 4 saturated carbocycles. The van der Waals surface area contributed by atoms with Crippen molar-refractivity contribution in [3.63, 3.8) is 0 Å². The van der Waals surface area contributed by atoms with Crippen LogP contribution < -0.4 is 11.1 Å². The van der Waals surface area contributed by atoms with Crippen LogP contribution in [0.15, 0.2) is 0 Å². The third kappa shape index (κ3) is 4.08. The Morgan fingerprint density at radius 2 is 1.77 bits per heavy atom. The van der Waals surface area contributed by atoms with Crippen LogP contribution in [0.2, 0.25) is 0 Å². The maximum Gasteiger partial charge on any atom is 0.303 e. The first-order valence-corrected chi connectivity index (χ1v) is 13.0. The molecule has 31 heavy (non-hydrogen) atoms. The predicted molar refractivity (Wildman–Crippen MR) is 123 cm³/mol. The number of aliphatic carboxylic acids is 1. The number of rotatable bonds is 7. The number of hydrogen-bond donors (Lipinski definition) is 4. The summed E-state index contributed by atoms with van der Waals surface area (Å²) < 4.78 is 0. The van der Waals surface area contributed by atoms with Gasteiger partial charge in [-0.1, -0.05) is 20.8 Å². The summed E-state index contributed by atoms with van der Waals surface area (Å²) in [4.78, 5) is 11.1. The molecule has 5 nitrogen and oxygen atoms in total. The molecule has 4 fully saturated rings. The summed E-state index contributed by atoms with van der Waals surface area (Å²) in [5.74, 6) is 2.93. The maximum atomic E-state index is 11.4. The van der Waals surface area contributed by atoms with Gasteiger partial charge in [-0.25, -0.2) is 0 Å². The number of carbonyl (C=O) groups is 1. The second-order valence-electron chi connectivity index (χ2n) is 12.1. The zero-order chi connectivity index (χ0) is 22.4. The van der Waals surface area contributed by atoms with Gasteiger partial charge in [0.05, 0.1) is 6.10 Å². The van der Waals surface area contributed by atoms with Crippen molar-refractivity contribution < 1.29 is 15.0 Å². The highest BCUT2D eigenvalue weighted by molar-refractivity contribution is 5.66.